The summed E-state index contributed by atoms with van der Waals surface area (Å²) in [5, 5.41) is 0. The largest absolute Gasteiger partial charge is 0.497 e. The maximum atomic E-state index is 5.86. The molecule has 1 aromatic heterocycles. The molecule has 122 valence electrons. The molecule has 3 nitrogen and oxygen atoms in total. The second-order valence-corrected chi connectivity index (χ2v) is 6.24. The molecule has 4 heteroatoms. The maximum absolute atomic E-state index is 5.86. The van der Waals surface area contributed by atoms with E-state index in [1.54, 1.807) is 7.11 Å². The predicted octanol–water partition coefficient (Wildman–Crippen LogP) is 5.41. The van der Waals surface area contributed by atoms with Gasteiger partial charge in [-0.1, -0.05) is 42.0 Å². The number of hydrogen-bond donors (Lipinski definition) is 0. The number of rotatable bonds is 5. The summed E-state index contributed by atoms with van der Waals surface area (Å²) in [5.74, 6) is 1.56. The highest BCUT2D eigenvalue weighted by molar-refractivity contribution is 9.10. The molecule has 0 bridgehead atoms. The molecule has 0 fully saturated rings. The van der Waals surface area contributed by atoms with Crippen molar-refractivity contribution < 1.29 is 9.47 Å². The Hall–Kier alpha value is -2.33. The van der Waals surface area contributed by atoms with Gasteiger partial charge in [0.1, 0.15) is 17.0 Å². The van der Waals surface area contributed by atoms with Gasteiger partial charge in [0.15, 0.2) is 5.75 Å². The normalized spacial score (nSPS) is 10.5. The third kappa shape index (κ3) is 3.95. The van der Waals surface area contributed by atoms with Gasteiger partial charge in [0.2, 0.25) is 0 Å². The molecule has 3 aromatic rings. The molecule has 0 aliphatic rings. The second-order valence-electron chi connectivity index (χ2n) is 5.49. The summed E-state index contributed by atoms with van der Waals surface area (Å²) in [6.07, 6.45) is 0. The Morgan fingerprint density at radius 2 is 1.62 bits per heavy atom. The number of halogens is 1. The Balaban J connectivity index is 1.71. The molecule has 0 amide bonds. The van der Waals surface area contributed by atoms with Crippen molar-refractivity contribution in [3.63, 3.8) is 0 Å². The zero-order valence-corrected chi connectivity index (χ0v) is 15.2. The van der Waals surface area contributed by atoms with E-state index < -0.39 is 0 Å². The molecule has 2 aromatic carbocycles. The van der Waals surface area contributed by atoms with Crippen LogP contribution < -0.4 is 9.47 Å². The minimum absolute atomic E-state index is 0.480. The Morgan fingerprint density at radius 1 is 0.917 bits per heavy atom. The van der Waals surface area contributed by atoms with Gasteiger partial charge in [-0.15, -0.1) is 0 Å². The first-order chi connectivity index (χ1) is 11.7. The van der Waals surface area contributed by atoms with Gasteiger partial charge in [-0.25, -0.2) is 4.98 Å². The summed E-state index contributed by atoms with van der Waals surface area (Å²) in [6, 6.07) is 20.0. The summed E-state index contributed by atoms with van der Waals surface area (Å²) in [5.41, 5.74) is 4.31. The van der Waals surface area contributed by atoms with Gasteiger partial charge < -0.3 is 9.47 Å². The molecule has 0 atom stereocenters. The number of benzene rings is 2. The fourth-order valence-electron chi connectivity index (χ4n) is 2.30. The number of aromatic nitrogens is 1. The highest BCUT2D eigenvalue weighted by Crippen LogP contribution is 2.28. The molecule has 24 heavy (non-hydrogen) atoms. The maximum Gasteiger partial charge on any atom is 0.152 e. The van der Waals surface area contributed by atoms with E-state index in [1.165, 1.54) is 5.56 Å². The quantitative estimate of drug-likeness (QED) is 0.552. The molecule has 0 saturated carbocycles. The average molecular weight is 384 g/mol. The van der Waals surface area contributed by atoms with Gasteiger partial charge in [0, 0.05) is 5.56 Å². The molecule has 0 spiro atoms. The zero-order valence-electron chi connectivity index (χ0n) is 13.6. The van der Waals surface area contributed by atoms with Crippen LogP contribution in [-0.4, -0.2) is 12.1 Å². The van der Waals surface area contributed by atoms with Crippen LogP contribution >= 0.6 is 15.9 Å². The molecule has 0 saturated heterocycles. The van der Waals surface area contributed by atoms with Crippen LogP contribution in [0.3, 0.4) is 0 Å². The standard InChI is InChI=1S/C20H18BrNO2/c1-14-3-7-16(8-4-14)18-11-12-19(20(21)22-18)24-13-15-5-9-17(23-2)10-6-15/h3-12H,13H2,1-2H3. The van der Waals surface area contributed by atoms with Crippen molar-refractivity contribution in [1.29, 1.82) is 0 Å². The van der Waals surface area contributed by atoms with Crippen molar-refractivity contribution in [1.82, 2.24) is 4.98 Å². The van der Waals surface area contributed by atoms with Gasteiger partial charge in [-0.05, 0) is 52.7 Å². The van der Waals surface area contributed by atoms with Crippen molar-refractivity contribution >= 4 is 15.9 Å². The van der Waals surface area contributed by atoms with Crippen molar-refractivity contribution in [3.05, 3.63) is 76.4 Å². The number of hydrogen-bond acceptors (Lipinski definition) is 3. The third-order valence-electron chi connectivity index (χ3n) is 3.72. The molecular weight excluding hydrogens is 366 g/mol. The van der Waals surface area contributed by atoms with E-state index in [2.05, 4.69) is 52.1 Å². The molecule has 1 heterocycles. The van der Waals surface area contributed by atoms with Gasteiger partial charge in [-0.3, -0.25) is 0 Å². The topological polar surface area (TPSA) is 31.4 Å². The van der Waals surface area contributed by atoms with E-state index in [4.69, 9.17) is 9.47 Å². The van der Waals surface area contributed by atoms with Crippen molar-refractivity contribution in [3.8, 4) is 22.8 Å². The summed E-state index contributed by atoms with van der Waals surface area (Å²) < 4.78 is 11.7. The molecule has 3 rings (SSSR count). The number of aryl methyl sites for hydroxylation is 1. The van der Waals surface area contributed by atoms with Crippen molar-refractivity contribution in [2.24, 2.45) is 0 Å². The minimum atomic E-state index is 0.480. The molecule has 0 N–H and O–H groups in total. The highest BCUT2D eigenvalue weighted by atomic mass is 79.9. The fourth-order valence-corrected chi connectivity index (χ4v) is 2.73. The first-order valence-electron chi connectivity index (χ1n) is 7.65. The van der Waals surface area contributed by atoms with E-state index in [-0.39, 0.29) is 0 Å². The van der Waals surface area contributed by atoms with Crippen LogP contribution in [0, 0.1) is 6.92 Å². The molecular formula is C20H18BrNO2. The summed E-state index contributed by atoms with van der Waals surface area (Å²) >= 11 is 3.50. The zero-order chi connectivity index (χ0) is 16.9. The monoisotopic (exact) mass is 383 g/mol. The minimum Gasteiger partial charge on any atom is -0.497 e. The second kappa shape index (κ2) is 7.49. The van der Waals surface area contributed by atoms with E-state index in [0.717, 1.165) is 28.3 Å². The van der Waals surface area contributed by atoms with Gasteiger partial charge in [0.25, 0.3) is 0 Å². The number of methoxy groups -OCH3 is 1. The smallest absolute Gasteiger partial charge is 0.152 e. The van der Waals surface area contributed by atoms with E-state index >= 15 is 0 Å². The molecule has 0 radical (unpaired) electrons. The Kier molecular flexibility index (Phi) is 5.16. The summed E-state index contributed by atoms with van der Waals surface area (Å²) in [7, 11) is 1.66. The molecule has 0 aliphatic carbocycles. The third-order valence-corrected chi connectivity index (χ3v) is 4.28. The van der Waals surface area contributed by atoms with Crippen molar-refractivity contribution in [2.75, 3.05) is 7.11 Å². The number of nitrogens with zero attached hydrogens (tertiary/aromatic N) is 1. The van der Waals surface area contributed by atoms with Crippen LogP contribution in [0.1, 0.15) is 11.1 Å². The van der Waals surface area contributed by atoms with Gasteiger partial charge in [-0.2, -0.15) is 0 Å². The van der Waals surface area contributed by atoms with Crippen LogP contribution in [0.4, 0.5) is 0 Å². The Morgan fingerprint density at radius 3 is 2.25 bits per heavy atom. The van der Waals surface area contributed by atoms with Crippen LogP contribution in [0.25, 0.3) is 11.3 Å². The molecule has 0 unspecified atom stereocenters. The first kappa shape index (κ1) is 16.5. The van der Waals surface area contributed by atoms with Gasteiger partial charge in [0.05, 0.1) is 12.8 Å². The van der Waals surface area contributed by atoms with Crippen LogP contribution in [0.5, 0.6) is 11.5 Å². The summed E-state index contributed by atoms with van der Waals surface area (Å²) in [6.45, 7) is 2.55. The Bertz CT molecular complexity index is 814. The van der Waals surface area contributed by atoms with Crippen molar-refractivity contribution in [2.45, 2.75) is 13.5 Å². The first-order valence-corrected chi connectivity index (χ1v) is 8.44. The fraction of sp³-hybridized carbons (Fsp3) is 0.150. The van der Waals surface area contributed by atoms with E-state index in [9.17, 15) is 0 Å². The lowest BCUT2D eigenvalue weighted by molar-refractivity contribution is 0.302. The van der Waals surface area contributed by atoms with Crippen LogP contribution in [-0.2, 0) is 6.61 Å². The Labute approximate surface area is 150 Å². The van der Waals surface area contributed by atoms with E-state index in [1.807, 2.05) is 36.4 Å². The lowest BCUT2D eigenvalue weighted by atomic mass is 10.1. The summed E-state index contributed by atoms with van der Waals surface area (Å²) in [4.78, 5) is 4.58. The molecule has 0 aliphatic heterocycles. The number of ether oxygens (including phenoxy) is 2. The van der Waals surface area contributed by atoms with Crippen LogP contribution in [0.2, 0.25) is 0 Å². The lowest BCUT2D eigenvalue weighted by Crippen LogP contribution is -1.97. The number of pyridine rings is 1. The highest BCUT2D eigenvalue weighted by Gasteiger charge is 2.07. The van der Waals surface area contributed by atoms with Crippen LogP contribution in [0.15, 0.2) is 65.3 Å². The lowest BCUT2D eigenvalue weighted by Gasteiger charge is -2.10. The van der Waals surface area contributed by atoms with Gasteiger partial charge >= 0.3 is 0 Å². The van der Waals surface area contributed by atoms with E-state index in [0.29, 0.717) is 11.2 Å². The predicted molar refractivity (Wildman–Crippen MR) is 99.4 cm³/mol. The average Bonchev–Trinajstić information content (AvgIpc) is 2.62. The SMILES string of the molecule is COc1ccc(COc2ccc(-c3ccc(C)cc3)nc2Br)cc1.